The van der Waals surface area contributed by atoms with Crippen LogP contribution in [0.5, 0.6) is 0 Å². The topological polar surface area (TPSA) is 140 Å². The fourth-order valence-electron chi connectivity index (χ4n) is 2.29. The van der Waals surface area contributed by atoms with E-state index in [-0.39, 0.29) is 17.7 Å². The van der Waals surface area contributed by atoms with Crippen molar-refractivity contribution >= 4 is 17.5 Å². The Labute approximate surface area is 146 Å². The van der Waals surface area contributed by atoms with Gasteiger partial charge in [0.25, 0.3) is 11.5 Å². The van der Waals surface area contributed by atoms with Crippen LogP contribution in [0.15, 0.2) is 62.9 Å². The second-order valence-corrected chi connectivity index (χ2v) is 5.37. The minimum atomic E-state index is -0.753. The highest BCUT2D eigenvalue weighted by atomic mass is 16.3. The van der Waals surface area contributed by atoms with Gasteiger partial charge >= 0.3 is 5.69 Å². The summed E-state index contributed by atoms with van der Waals surface area (Å²) in [5.74, 6) is -0.896. The molecule has 0 unspecified atom stereocenters. The van der Waals surface area contributed by atoms with Gasteiger partial charge < -0.3 is 20.5 Å². The van der Waals surface area contributed by atoms with E-state index in [2.05, 4.69) is 10.3 Å². The highest BCUT2D eigenvalue weighted by Gasteiger charge is 2.16. The molecule has 0 radical (unpaired) electrons. The van der Waals surface area contributed by atoms with Crippen LogP contribution < -0.4 is 22.3 Å². The van der Waals surface area contributed by atoms with E-state index in [0.29, 0.717) is 11.4 Å². The number of carbonyl (C=O) groups is 2. The number of aromatic nitrogens is 2. The number of nitrogens with zero attached hydrogens (tertiary/aromatic N) is 1. The molecule has 0 spiro atoms. The standard InChI is InChI=1S/C17H14N4O5/c18-14(22)10-3-5-11(6-4-10)20-15(23)13-8-19-17(25)21(16(13)24)9-12-2-1-7-26-12/h1-8H,9H2,(H2,18,22)(H,19,25)(H,20,23). The molecule has 0 atom stereocenters. The first-order chi connectivity index (χ1) is 12.5. The SMILES string of the molecule is NC(=O)c1ccc(NC(=O)c2c[nH]c(=O)n(Cc3ccco3)c2=O)cc1. The molecule has 0 saturated carbocycles. The third kappa shape index (κ3) is 3.46. The van der Waals surface area contributed by atoms with Crippen molar-refractivity contribution in [2.24, 2.45) is 5.73 Å². The number of nitrogens with one attached hydrogen (secondary N) is 2. The Morgan fingerprint density at radius 3 is 2.50 bits per heavy atom. The summed E-state index contributed by atoms with van der Waals surface area (Å²) >= 11 is 0. The summed E-state index contributed by atoms with van der Waals surface area (Å²) < 4.78 is 5.99. The Kier molecular flexibility index (Phi) is 4.52. The van der Waals surface area contributed by atoms with Crippen molar-refractivity contribution in [1.82, 2.24) is 9.55 Å². The van der Waals surface area contributed by atoms with Crippen LogP contribution in [-0.2, 0) is 6.54 Å². The fraction of sp³-hybridized carbons (Fsp3) is 0.0588. The molecule has 2 amide bonds. The third-order valence-corrected chi connectivity index (χ3v) is 3.63. The number of hydrogen-bond donors (Lipinski definition) is 3. The first-order valence-corrected chi connectivity index (χ1v) is 7.52. The quantitative estimate of drug-likeness (QED) is 0.613. The zero-order valence-electron chi connectivity index (χ0n) is 13.4. The van der Waals surface area contributed by atoms with Crippen molar-refractivity contribution in [2.75, 3.05) is 5.32 Å². The van der Waals surface area contributed by atoms with Crippen LogP contribution >= 0.6 is 0 Å². The molecule has 0 fully saturated rings. The Morgan fingerprint density at radius 1 is 1.15 bits per heavy atom. The van der Waals surface area contributed by atoms with E-state index < -0.39 is 23.1 Å². The predicted octanol–water partition coefficient (Wildman–Crippen LogP) is 0.529. The molecule has 0 aliphatic heterocycles. The van der Waals surface area contributed by atoms with Crippen LogP contribution in [0.4, 0.5) is 5.69 Å². The van der Waals surface area contributed by atoms with Crippen molar-refractivity contribution in [3.05, 3.63) is 86.6 Å². The first kappa shape index (κ1) is 17.0. The molecule has 132 valence electrons. The van der Waals surface area contributed by atoms with Gasteiger partial charge in [0.05, 0.1) is 12.8 Å². The van der Waals surface area contributed by atoms with E-state index in [0.717, 1.165) is 10.8 Å². The van der Waals surface area contributed by atoms with Gasteiger partial charge in [0.15, 0.2) is 0 Å². The number of furan rings is 1. The minimum absolute atomic E-state index is 0.102. The number of primary amides is 1. The summed E-state index contributed by atoms with van der Waals surface area (Å²) in [7, 11) is 0. The summed E-state index contributed by atoms with van der Waals surface area (Å²) in [5, 5.41) is 2.52. The van der Waals surface area contributed by atoms with Crippen molar-refractivity contribution in [1.29, 1.82) is 0 Å². The molecule has 0 bridgehead atoms. The predicted molar refractivity (Wildman–Crippen MR) is 92.0 cm³/mol. The monoisotopic (exact) mass is 354 g/mol. The lowest BCUT2D eigenvalue weighted by atomic mass is 10.2. The molecule has 0 aliphatic rings. The molecule has 26 heavy (non-hydrogen) atoms. The summed E-state index contributed by atoms with van der Waals surface area (Å²) in [6.07, 6.45) is 2.47. The Morgan fingerprint density at radius 2 is 1.88 bits per heavy atom. The van der Waals surface area contributed by atoms with Gasteiger partial charge in [0, 0.05) is 17.4 Å². The van der Waals surface area contributed by atoms with Gasteiger partial charge in [0.2, 0.25) is 5.91 Å². The number of rotatable bonds is 5. The number of benzene rings is 1. The van der Waals surface area contributed by atoms with E-state index in [1.54, 1.807) is 12.1 Å². The van der Waals surface area contributed by atoms with Gasteiger partial charge in [-0.1, -0.05) is 0 Å². The Hall–Kier alpha value is -3.88. The van der Waals surface area contributed by atoms with Gasteiger partial charge in [-0.3, -0.25) is 19.0 Å². The molecular weight excluding hydrogens is 340 g/mol. The number of anilines is 1. The van der Waals surface area contributed by atoms with Gasteiger partial charge in [-0.15, -0.1) is 0 Å². The molecule has 9 heteroatoms. The van der Waals surface area contributed by atoms with Crippen LogP contribution in [0.1, 0.15) is 26.5 Å². The number of aromatic amines is 1. The first-order valence-electron chi connectivity index (χ1n) is 7.52. The smallest absolute Gasteiger partial charge is 0.328 e. The van der Waals surface area contributed by atoms with Gasteiger partial charge in [-0.25, -0.2) is 4.79 Å². The van der Waals surface area contributed by atoms with Crippen LogP contribution in [0, 0.1) is 0 Å². The lowest BCUT2D eigenvalue weighted by molar-refractivity contribution is 0.0998. The summed E-state index contributed by atoms with van der Waals surface area (Å²) in [5.41, 5.74) is 4.15. The number of carbonyl (C=O) groups excluding carboxylic acids is 2. The molecule has 9 nitrogen and oxygen atoms in total. The van der Waals surface area contributed by atoms with Crippen LogP contribution in [0.25, 0.3) is 0 Å². The van der Waals surface area contributed by atoms with E-state index in [1.807, 2.05) is 0 Å². The second kappa shape index (κ2) is 6.93. The number of hydrogen-bond acceptors (Lipinski definition) is 5. The fourth-order valence-corrected chi connectivity index (χ4v) is 2.29. The molecule has 2 aromatic heterocycles. The normalized spacial score (nSPS) is 10.5. The van der Waals surface area contributed by atoms with Crippen LogP contribution in [-0.4, -0.2) is 21.4 Å². The van der Waals surface area contributed by atoms with E-state index in [9.17, 15) is 19.2 Å². The third-order valence-electron chi connectivity index (χ3n) is 3.63. The average molecular weight is 354 g/mol. The highest BCUT2D eigenvalue weighted by molar-refractivity contribution is 6.04. The van der Waals surface area contributed by atoms with Crippen molar-refractivity contribution in [3.63, 3.8) is 0 Å². The lowest BCUT2D eigenvalue weighted by Gasteiger charge is -2.07. The maximum absolute atomic E-state index is 12.5. The Balaban J connectivity index is 1.86. The van der Waals surface area contributed by atoms with E-state index in [1.165, 1.54) is 30.5 Å². The van der Waals surface area contributed by atoms with Crippen molar-refractivity contribution in [3.8, 4) is 0 Å². The van der Waals surface area contributed by atoms with Gasteiger partial charge in [-0.05, 0) is 36.4 Å². The van der Waals surface area contributed by atoms with Crippen LogP contribution in [0.3, 0.4) is 0 Å². The summed E-state index contributed by atoms with van der Waals surface area (Å²) in [6, 6.07) is 9.08. The molecule has 3 aromatic rings. The average Bonchev–Trinajstić information content (AvgIpc) is 3.12. The molecule has 1 aromatic carbocycles. The van der Waals surface area contributed by atoms with E-state index >= 15 is 0 Å². The van der Waals surface area contributed by atoms with E-state index in [4.69, 9.17) is 10.2 Å². The maximum Gasteiger partial charge on any atom is 0.328 e. The minimum Gasteiger partial charge on any atom is -0.467 e. The summed E-state index contributed by atoms with van der Waals surface area (Å²) in [4.78, 5) is 50.1. The van der Waals surface area contributed by atoms with Crippen LogP contribution in [0.2, 0.25) is 0 Å². The second-order valence-electron chi connectivity index (χ2n) is 5.37. The summed E-state index contributed by atoms with van der Waals surface area (Å²) in [6.45, 7) is -0.102. The lowest BCUT2D eigenvalue weighted by Crippen LogP contribution is -2.39. The molecule has 0 saturated heterocycles. The number of H-pyrrole nitrogens is 1. The molecule has 4 N–H and O–H groups in total. The van der Waals surface area contributed by atoms with Crippen molar-refractivity contribution in [2.45, 2.75) is 6.54 Å². The zero-order chi connectivity index (χ0) is 18.7. The van der Waals surface area contributed by atoms with Crippen molar-refractivity contribution < 1.29 is 14.0 Å². The van der Waals surface area contributed by atoms with Gasteiger partial charge in [-0.2, -0.15) is 0 Å². The molecule has 2 heterocycles. The molecule has 3 rings (SSSR count). The zero-order valence-corrected chi connectivity index (χ0v) is 13.4. The molecular formula is C17H14N4O5. The molecule has 0 aliphatic carbocycles. The Bertz CT molecular complexity index is 1060. The maximum atomic E-state index is 12.5. The number of nitrogens with two attached hydrogens (primary N) is 1. The van der Waals surface area contributed by atoms with Gasteiger partial charge in [0.1, 0.15) is 11.3 Å². The number of amides is 2. The highest BCUT2D eigenvalue weighted by Crippen LogP contribution is 2.10. The largest absolute Gasteiger partial charge is 0.467 e.